The zero-order valence-electron chi connectivity index (χ0n) is 33.0. The van der Waals surface area contributed by atoms with Gasteiger partial charge in [-0.05, 0) is 50.0 Å². The lowest BCUT2D eigenvalue weighted by atomic mass is 9.32. The highest BCUT2D eigenvalue weighted by molar-refractivity contribution is 5.92. The molecule has 0 aromatic rings. The van der Waals surface area contributed by atoms with Gasteiger partial charge in [-0.15, -0.1) is 0 Å². The second kappa shape index (κ2) is 14.2. The van der Waals surface area contributed by atoms with Crippen molar-refractivity contribution in [3.63, 3.8) is 0 Å². The molecule has 0 saturated heterocycles. The highest BCUT2D eigenvalue weighted by Crippen LogP contribution is 2.75. The van der Waals surface area contributed by atoms with Crippen molar-refractivity contribution in [1.29, 1.82) is 0 Å². The van der Waals surface area contributed by atoms with Gasteiger partial charge in [-0.1, -0.05) is 32.1 Å². The monoisotopic (exact) mass is 772 g/mol. The summed E-state index contributed by atoms with van der Waals surface area (Å²) in [6.07, 6.45) is -2.35. The van der Waals surface area contributed by atoms with E-state index in [1.54, 1.807) is 26.8 Å². The number of carbonyl (C=O) groups is 7. The highest BCUT2D eigenvalue weighted by Gasteiger charge is 2.82. The molecule has 0 bridgehead atoms. The van der Waals surface area contributed by atoms with Crippen molar-refractivity contribution in [2.75, 3.05) is 13.7 Å². The number of carbonyl (C=O) groups excluding carboxylic acids is 7. The van der Waals surface area contributed by atoms with E-state index in [2.05, 4.69) is 6.58 Å². The number of esters is 7. The molecular formula is C40H52O15. The maximum atomic E-state index is 13.6. The molecule has 13 atom stereocenters. The molecule has 1 unspecified atom stereocenters. The predicted octanol–water partition coefficient (Wildman–Crippen LogP) is 3.24. The van der Waals surface area contributed by atoms with E-state index < -0.39 is 124 Å². The van der Waals surface area contributed by atoms with Gasteiger partial charge in [0, 0.05) is 58.4 Å². The van der Waals surface area contributed by atoms with Gasteiger partial charge in [0.2, 0.25) is 0 Å². The Morgan fingerprint density at radius 1 is 0.873 bits per heavy atom. The Morgan fingerprint density at radius 3 is 1.98 bits per heavy atom. The molecule has 3 fully saturated rings. The lowest BCUT2D eigenvalue weighted by molar-refractivity contribution is -0.345. The lowest BCUT2D eigenvalue weighted by Crippen LogP contribution is -2.81. The molecule has 1 aliphatic heterocycles. The number of aliphatic hydroxyl groups is 1. The van der Waals surface area contributed by atoms with Crippen molar-refractivity contribution in [3.8, 4) is 0 Å². The van der Waals surface area contributed by atoms with Gasteiger partial charge in [0.25, 0.3) is 0 Å². The molecule has 0 aromatic carbocycles. The van der Waals surface area contributed by atoms with Gasteiger partial charge in [0.15, 0.2) is 12.2 Å². The van der Waals surface area contributed by atoms with Crippen LogP contribution in [0.4, 0.5) is 0 Å². The fourth-order valence-corrected chi connectivity index (χ4v) is 11.7. The molecule has 0 radical (unpaired) electrons. The van der Waals surface area contributed by atoms with Crippen LogP contribution in [0.5, 0.6) is 0 Å². The summed E-state index contributed by atoms with van der Waals surface area (Å²) in [5.41, 5.74) is -7.63. The first-order valence-corrected chi connectivity index (χ1v) is 18.4. The van der Waals surface area contributed by atoms with Crippen molar-refractivity contribution in [1.82, 2.24) is 0 Å². The van der Waals surface area contributed by atoms with Crippen LogP contribution in [0, 0.1) is 39.4 Å². The van der Waals surface area contributed by atoms with Crippen LogP contribution < -0.4 is 0 Å². The summed E-state index contributed by atoms with van der Waals surface area (Å²) in [5, 5.41) is 13.5. The summed E-state index contributed by atoms with van der Waals surface area (Å²) in [5.74, 6) is -8.18. The summed E-state index contributed by atoms with van der Waals surface area (Å²) < 4.78 is 41.5. The number of rotatable bonds is 7. The third-order valence-corrected chi connectivity index (χ3v) is 13.5. The van der Waals surface area contributed by atoms with Gasteiger partial charge >= 0.3 is 41.8 Å². The van der Waals surface area contributed by atoms with E-state index in [-0.39, 0.29) is 24.8 Å². The van der Waals surface area contributed by atoms with E-state index in [0.717, 1.165) is 13.8 Å². The zero-order valence-corrected chi connectivity index (χ0v) is 33.0. The molecule has 5 aliphatic rings. The number of hydrogen-bond acceptors (Lipinski definition) is 15. The normalized spacial score (nSPS) is 40.8. The van der Waals surface area contributed by atoms with E-state index in [1.165, 1.54) is 40.0 Å². The molecule has 5 rings (SSSR count). The molecular weight excluding hydrogens is 720 g/mol. The van der Waals surface area contributed by atoms with Crippen LogP contribution in [0.15, 0.2) is 36.0 Å². The van der Waals surface area contributed by atoms with Gasteiger partial charge < -0.3 is 38.3 Å². The fraction of sp³-hybridized carbons (Fsp3) is 0.675. The summed E-state index contributed by atoms with van der Waals surface area (Å²) in [7, 11) is 1.17. The molecule has 1 N–H and O–H groups in total. The summed E-state index contributed by atoms with van der Waals surface area (Å²) >= 11 is 0. The average molecular weight is 773 g/mol. The van der Waals surface area contributed by atoms with Crippen molar-refractivity contribution >= 4 is 41.8 Å². The van der Waals surface area contributed by atoms with Crippen LogP contribution in [-0.2, 0) is 66.7 Å². The third-order valence-electron chi connectivity index (χ3n) is 13.5. The minimum absolute atomic E-state index is 0.0536. The Bertz CT molecular complexity index is 1760. The minimum atomic E-state index is -1.95. The molecule has 55 heavy (non-hydrogen) atoms. The summed E-state index contributed by atoms with van der Waals surface area (Å²) in [4.78, 5) is 92.1. The largest absolute Gasteiger partial charge is 0.466 e. The van der Waals surface area contributed by atoms with E-state index in [4.69, 9.17) is 33.2 Å². The Labute approximate surface area is 320 Å². The Morgan fingerprint density at radius 2 is 1.44 bits per heavy atom. The average Bonchev–Trinajstić information content (AvgIpc) is 3.24. The standard InChI is InChI=1S/C40H52O15/c1-19-16-26(35(47)49-11)38(10)34(55-25(7)45)33(54-24(6)44)37(9)28(40(38,48)17-19)14-15-36(8)27-12-13-29(46)50-18-39(27,20(2)51-21(3)41)32(53-23(5)43)30(31(36)37)52-22(4)42/h12-13,16,20,27-28,30-34,48H,1,14-15,17-18H2,2-11H3/t20?,27-,28+,30-,31-,32-,33+,34-,36-,37-,38+,39+,40+/m0/s1. The lowest BCUT2D eigenvalue weighted by Gasteiger charge is -2.74. The highest BCUT2D eigenvalue weighted by atomic mass is 16.6. The summed E-state index contributed by atoms with van der Waals surface area (Å²) in [6, 6.07) is 0. The first kappa shape index (κ1) is 41.6. The molecule has 0 spiro atoms. The van der Waals surface area contributed by atoms with E-state index in [0.29, 0.717) is 5.57 Å². The zero-order chi connectivity index (χ0) is 41.2. The fourth-order valence-electron chi connectivity index (χ4n) is 11.7. The van der Waals surface area contributed by atoms with Crippen molar-refractivity contribution < 1.29 is 71.8 Å². The van der Waals surface area contributed by atoms with Crippen molar-refractivity contribution in [3.05, 3.63) is 36.0 Å². The molecule has 0 aromatic heterocycles. The quantitative estimate of drug-likeness (QED) is 0.291. The van der Waals surface area contributed by atoms with Crippen LogP contribution in [0.3, 0.4) is 0 Å². The van der Waals surface area contributed by atoms with Crippen LogP contribution in [0.1, 0.15) is 81.6 Å². The number of fused-ring (bicyclic) bond motifs is 7. The Balaban J connectivity index is 1.94. The topological polar surface area (TPSA) is 204 Å². The van der Waals surface area contributed by atoms with Crippen LogP contribution in [0.2, 0.25) is 0 Å². The maximum Gasteiger partial charge on any atom is 0.334 e. The smallest absolute Gasteiger partial charge is 0.334 e. The van der Waals surface area contributed by atoms with Crippen LogP contribution in [0.25, 0.3) is 0 Å². The second-order valence-electron chi connectivity index (χ2n) is 16.4. The van der Waals surface area contributed by atoms with Gasteiger partial charge in [0.1, 0.15) is 24.9 Å². The van der Waals surface area contributed by atoms with Crippen LogP contribution in [-0.4, -0.2) is 96.7 Å². The molecule has 0 amide bonds. The molecule has 15 heteroatoms. The van der Waals surface area contributed by atoms with Gasteiger partial charge in [-0.2, -0.15) is 0 Å². The van der Waals surface area contributed by atoms with E-state index in [1.807, 2.05) is 6.92 Å². The van der Waals surface area contributed by atoms with Crippen LogP contribution >= 0.6 is 0 Å². The number of methoxy groups -OCH3 is 1. The van der Waals surface area contributed by atoms with E-state index >= 15 is 0 Å². The third kappa shape index (κ3) is 6.16. The first-order chi connectivity index (χ1) is 25.5. The molecule has 3 saturated carbocycles. The van der Waals surface area contributed by atoms with Gasteiger partial charge in [-0.25, -0.2) is 9.59 Å². The first-order valence-electron chi connectivity index (χ1n) is 18.4. The minimum Gasteiger partial charge on any atom is -0.466 e. The number of allylic oxidation sites excluding steroid dienone is 2. The van der Waals surface area contributed by atoms with Crippen molar-refractivity contribution in [2.24, 2.45) is 39.4 Å². The Kier molecular flexibility index (Phi) is 10.7. The number of hydrogen-bond donors (Lipinski definition) is 1. The number of cyclic esters (lactones) is 1. The molecule has 302 valence electrons. The SMILES string of the molecule is C=C1C=C(C(=O)OC)[C@]2(C)[C@@H](OC(C)=O)[C@@H](OC(C)=O)[C@@]3(C)[C@@H](CC[C@@]4(C)[C@@H]5C=CC(=O)OC[C@]5(C(C)OC(C)=O)[C@@H](OC(C)=O)[C@@H](OC(C)=O)[C@@H]43)[C@]2(O)C1. The molecule has 1 heterocycles. The maximum absolute atomic E-state index is 13.6. The number of ether oxygens (including phenoxy) is 7. The van der Waals surface area contributed by atoms with E-state index in [9.17, 15) is 38.7 Å². The van der Waals surface area contributed by atoms with Crippen molar-refractivity contribution in [2.45, 2.75) is 118 Å². The molecule has 15 nitrogen and oxygen atoms in total. The summed E-state index contributed by atoms with van der Waals surface area (Å²) in [6.45, 7) is 16.3. The van der Waals surface area contributed by atoms with Gasteiger partial charge in [-0.3, -0.25) is 24.0 Å². The second-order valence-corrected chi connectivity index (χ2v) is 16.4. The molecule has 4 aliphatic carbocycles. The van der Waals surface area contributed by atoms with Gasteiger partial charge in [0.05, 0.1) is 29.1 Å². The Hall–Kier alpha value is -4.53. The predicted molar refractivity (Wildman–Crippen MR) is 189 cm³/mol.